The summed E-state index contributed by atoms with van der Waals surface area (Å²) in [6.07, 6.45) is 0. The van der Waals surface area contributed by atoms with Crippen LogP contribution in [0.2, 0.25) is 13.1 Å². The van der Waals surface area contributed by atoms with Crippen LogP contribution in [0.5, 0.6) is 0 Å². The standard InChI is InChI=1S/C15H29NSi/c1-10-11(2)13(4)14(12(10)3)17(8,9)16-15(5,6)7/h12,16H,1-9H3. The van der Waals surface area contributed by atoms with Crippen molar-refractivity contribution in [2.75, 3.05) is 0 Å². The highest BCUT2D eigenvalue weighted by molar-refractivity contribution is 6.82. The van der Waals surface area contributed by atoms with Gasteiger partial charge in [-0.3, -0.25) is 0 Å². The quantitative estimate of drug-likeness (QED) is 0.716. The number of allylic oxidation sites excluding steroid dienone is 4. The van der Waals surface area contributed by atoms with Gasteiger partial charge in [-0.05, 0) is 53.0 Å². The fourth-order valence-electron chi connectivity index (χ4n) is 3.38. The molecule has 1 aliphatic carbocycles. The lowest BCUT2D eigenvalue weighted by molar-refractivity contribution is 0.512. The lowest BCUT2D eigenvalue weighted by Crippen LogP contribution is -2.56. The van der Waals surface area contributed by atoms with Crippen LogP contribution in [-0.2, 0) is 0 Å². The summed E-state index contributed by atoms with van der Waals surface area (Å²) < 4.78 is 0. The van der Waals surface area contributed by atoms with Crippen LogP contribution in [0.3, 0.4) is 0 Å². The summed E-state index contributed by atoms with van der Waals surface area (Å²) in [5.41, 5.74) is 4.83. The molecular weight excluding hydrogens is 222 g/mol. The Balaban J connectivity index is 3.11. The van der Waals surface area contributed by atoms with Gasteiger partial charge in [-0.15, -0.1) is 0 Å². The van der Waals surface area contributed by atoms with E-state index in [-0.39, 0.29) is 5.54 Å². The van der Waals surface area contributed by atoms with E-state index in [2.05, 4.69) is 66.5 Å². The van der Waals surface area contributed by atoms with Crippen molar-refractivity contribution in [2.45, 2.75) is 67.1 Å². The lowest BCUT2D eigenvalue weighted by Gasteiger charge is -2.37. The maximum Gasteiger partial charge on any atom is 0.148 e. The fourth-order valence-corrected chi connectivity index (χ4v) is 7.81. The largest absolute Gasteiger partial charge is 0.329 e. The molecule has 1 atom stereocenters. The maximum absolute atomic E-state index is 3.89. The Morgan fingerprint density at radius 3 is 1.76 bits per heavy atom. The van der Waals surface area contributed by atoms with Gasteiger partial charge in [0.15, 0.2) is 0 Å². The average Bonchev–Trinajstić information content (AvgIpc) is 2.27. The summed E-state index contributed by atoms with van der Waals surface area (Å²) in [6.45, 7) is 20.9. The third-order valence-corrected chi connectivity index (χ3v) is 7.53. The van der Waals surface area contributed by atoms with Crippen molar-refractivity contribution >= 4 is 8.24 Å². The molecule has 0 aliphatic heterocycles. The molecule has 0 aromatic carbocycles. The van der Waals surface area contributed by atoms with Crippen LogP contribution in [0.1, 0.15) is 48.5 Å². The molecule has 1 N–H and O–H groups in total. The second kappa shape index (κ2) is 4.40. The molecule has 98 valence electrons. The molecule has 2 heteroatoms. The zero-order valence-corrected chi connectivity index (χ0v) is 14.1. The molecule has 17 heavy (non-hydrogen) atoms. The van der Waals surface area contributed by atoms with Crippen molar-refractivity contribution < 1.29 is 0 Å². The Bertz CT molecular complexity index is 380. The first-order valence-corrected chi connectivity index (χ1v) is 9.65. The van der Waals surface area contributed by atoms with Gasteiger partial charge in [-0.25, -0.2) is 0 Å². The molecule has 1 rings (SSSR count). The first-order chi connectivity index (χ1) is 7.47. The number of rotatable bonds is 2. The van der Waals surface area contributed by atoms with Gasteiger partial charge < -0.3 is 4.98 Å². The normalized spacial score (nSPS) is 22.8. The Kier molecular flexibility index (Phi) is 3.81. The topological polar surface area (TPSA) is 12.0 Å². The van der Waals surface area contributed by atoms with Gasteiger partial charge in [-0.1, -0.05) is 36.4 Å². The van der Waals surface area contributed by atoms with E-state index < -0.39 is 8.24 Å². The van der Waals surface area contributed by atoms with Crippen LogP contribution in [0.15, 0.2) is 21.9 Å². The highest BCUT2D eigenvalue weighted by Crippen LogP contribution is 2.40. The number of hydrogen-bond donors (Lipinski definition) is 1. The van der Waals surface area contributed by atoms with Gasteiger partial charge in [0.1, 0.15) is 8.24 Å². The van der Waals surface area contributed by atoms with Crippen molar-refractivity contribution in [3.8, 4) is 0 Å². The Morgan fingerprint density at radius 1 is 1.00 bits per heavy atom. The zero-order valence-electron chi connectivity index (χ0n) is 13.1. The van der Waals surface area contributed by atoms with E-state index in [1.165, 1.54) is 5.57 Å². The minimum absolute atomic E-state index is 0.202. The van der Waals surface area contributed by atoms with E-state index in [0.29, 0.717) is 5.92 Å². The molecule has 0 saturated heterocycles. The van der Waals surface area contributed by atoms with Crippen molar-refractivity contribution in [2.24, 2.45) is 5.92 Å². The van der Waals surface area contributed by atoms with Gasteiger partial charge >= 0.3 is 0 Å². The van der Waals surface area contributed by atoms with E-state index in [1.807, 2.05) is 0 Å². The van der Waals surface area contributed by atoms with Crippen molar-refractivity contribution in [3.63, 3.8) is 0 Å². The monoisotopic (exact) mass is 251 g/mol. The SMILES string of the molecule is CC1=C(C)C(C)C([Si](C)(C)NC(C)(C)C)=C1C. The molecule has 0 bridgehead atoms. The van der Waals surface area contributed by atoms with Crippen molar-refractivity contribution in [3.05, 3.63) is 21.9 Å². The van der Waals surface area contributed by atoms with Crippen LogP contribution < -0.4 is 4.98 Å². The molecule has 0 aromatic rings. The highest BCUT2D eigenvalue weighted by atomic mass is 28.3. The van der Waals surface area contributed by atoms with Crippen molar-refractivity contribution in [1.82, 2.24) is 4.98 Å². The molecule has 1 aliphatic rings. The lowest BCUT2D eigenvalue weighted by atomic mass is 10.1. The van der Waals surface area contributed by atoms with Gasteiger partial charge in [0, 0.05) is 5.54 Å². The first-order valence-electron chi connectivity index (χ1n) is 6.65. The van der Waals surface area contributed by atoms with E-state index in [4.69, 9.17) is 0 Å². The summed E-state index contributed by atoms with van der Waals surface area (Å²) in [7, 11) is -1.53. The molecule has 0 aromatic heterocycles. The molecule has 0 amide bonds. The van der Waals surface area contributed by atoms with E-state index in [0.717, 1.165) is 0 Å². The average molecular weight is 251 g/mol. The van der Waals surface area contributed by atoms with Gasteiger partial charge in [-0.2, -0.15) is 0 Å². The predicted octanol–water partition coefficient (Wildman–Crippen LogP) is 4.42. The third kappa shape index (κ3) is 2.91. The van der Waals surface area contributed by atoms with Crippen LogP contribution in [0.4, 0.5) is 0 Å². The first kappa shape index (κ1) is 14.7. The fraction of sp³-hybridized carbons (Fsp3) is 0.733. The van der Waals surface area contributed by atoms with Crippen LogP contribution in [0.25, 0.3) is 0 Å². The third-order valence-electron chi connectivity index (χ3n) is 4.00. The van der Waals surface area contributed by atoms with Crippen molar-refractivity contribution in [1.29, 1.82) is 0 Å². The van der Waals surface area contributed by atoms with E-state index in [1.54, 1.807) is 16.3 Å². The van der Waals surface area contributed by atoms with Gasteiger partial charge in [0.25, 0.3) is 0 Å². The summed E-state index contributed by atoms with van der Waals surface area (Å²) in [4.78, 5) is 3.89. The van der Waals surface area contributed by atoms with Gasteiger partial charge in [0.2, 0.25) is 0 Å². The Hall–Kier alpha value is -0.343. The summed E-state index contributed by atoms with van der Waals surface area (Å²) >= 11 is 0. The molecule has 1 unspecified atom stereocenters. The Morgan fingerprint density at radius 2 is 1.47 bits per heavy atom. The predicted molar refractivity (Wildman–Crippen MR) is 80.6 cm³/mol. The molecule has 0 heterocycles. The van der Waals surface area contributed by atoms with E-state index >= 15 is 0 Å². The Labute approximate surface area is 108 Å². The molecule has 1 nitrogen and oxygen atoms in total. The summed E-state index contributed by atoms with van der Waals surface area (Å²) in [6, 6.07) is 0. The van der Waals surface area contributed by atoms with Crippen LogP contribution in [0, 0.1) is 5.92 Å². The summed E-state index contributed by atoms with van der Waals surface area (Å²) in [5.74, 6) is 0.631. The molecule has 0 fully saturated rings. The second-order valence-electron chi connectivity index (χ2n) is 7.07. The molecule has 0 spiro atoms. The van der Waals surface area contributed by atoms with Crippen LogP contribution in [-0.4, -0.2) is 13.8 Å². The smallest absolute Gasteiger partial charge is 0.148 e. The number of nitrogens with one attached hydrogen (secondary N) is 1. The maximum atomic E-state index is 3.89. The molecule has 0 radical (unpaired) electrons. The summed E-state index contributed by atoms with van der Waals surface area (Å²) in [5, 5.41) is 1.70. The van der Waals surface area contributed by atoms with Crippen LogP contribution >= 0.6 is 0 Å². The minimum atomic E-state index is -1.53. The van der Waals surface area contributed by atoms with E-state index in [9.17, 15) is 0 Å². The minimum Gasteiger partial charge on any atom is -0.329 e. The van der Waals surface area contributed by atoms with Gasteiger partial charge in [0.05, 0.1) is 0 Å². The highest BCUT2D eigenvalue weighted by Gasteiger charge is 2.38. The molecular formula is C15H29NSi. The molecule has 0 saturated carbocycles. The zero-order chi connectivity index (χ0) is 13.6. The number of hydrogen-bond acceptors (Lipinski definition) is 1. The second-order valence-corrected chi connectivity index (χ2v) is 11.1.